The number of nitrogens with one attached hydrogen (secondary N) is 2. The number of carbonyl (C=O) groups excluding carboxylic acids is 1. The van der Waals surface area contributed by atoms with E-state index in [1.165, 1.54) is 29.7 Å². The van der Waals surface area contributed by atoms with Gasteiger partial charge in [0, 0.05) is 22.0 Å². The first-order chi connectivity index (χ1) is 14.7. The van der Waals surface area contributed by atoms with E-state index in [0.717, 1.165) is 12.1 Å². The third-order valence-electron chi connectivity index (χ3n) is 4.62. The third kappa shape index (κ3) is 5.00. The standard InChI is InChI=1S/C18H12Cl3F6N3O2/c19-10-4-9(5-11(20)6-10)16(18(25,26)27)7-14(30-32-16)8-1-2-12(21)13(3-8)28-29-15(31)17(22,23)24/h1-6,12-13,28H,7H2,(H,29,31). The fourth-order valence-corrected chi connectivity index (χ4v) is 3.77. The molecule has 0 saturated heterocycles. The Kier molecular flexibility index (Phi) is 6.77. The van der Waals surface area contributed by atoms with Gasteiger partial charge in [-0.2, -0.15) is 26.3 Å². The number of benzene rings is 1. The van der Waals surface area contributed by atoms with E-state index in [1.54, 1.807) is 0 Å². The SMILES string of the molecule is O=C(NNC1C=C(C2=NOC(c3cc(Cl)cc(Cl)c3)(C(F)(F)F)C2)C=CC1Cl)C(F)(F)F. The van der Waals surface area contributed by atoms with E-state index in [0.29, 0.717) is 0 Å². The fraction of sp³-hybridized carbons (Fsp3) is 0.333. The predicted molar refractivity (Wildman–Crippen MR) is 105 cm³/mol. The molecule has 2 N–H and O–H groups in total. The number of nitrogens with zero attached hydrogens (tertiary/aromatic N) is 1. The number of amides is 1. The Hall–Kier alpha value is -1.95. The number of hydrogen-bond acceptors (Lipinski definition) is 4. The lowest BCUT2D eigenvalue weighted by Crippen LogP contribution is -2.51. The summed E-state index contributed by atoms with van der Waals surface area (Å²) >= 11 is 17.7. The van der Waals surface area contributed by atoms with E-state index >= 15 is 0 Å². The van der Waals surface area contributed by atoms with Gasteiger partial charge in [-0.25, -0.2) is 5.43 Å². The summed E-state index contributed by atoms with van der Waals surface area (Å²) in [7, 11) is 0. The highest BCUT2D eigenvalue weighted by molar-refractivity contribution is 6.34. The van der Waals surface area contributed by atoms with Crippen molar-refractivity contribution >= 4 is 46.4 Å². The van der Waals surface area contributed by atoms with Crippen LogP contribution in [0.4, 0.5) is 26.3 Å². The fourth-order valence-electron chi connectivity index (χ4n) is 3.04. The molecule has 5 nitrogen and oxygen atoms in total. The smallest absolute Gasteiger partial charge is 0.374 e. The van der Waals surface area contributed by atoms with E-state index in [2.05, 4.69) is 10.6 Å². The number of halogens is 9. The first-order valence-electron chi connectivity index (χ1n) is 8.68. The van der Waals surface area contributed by atoms with Crippen LogP contribution in [0.25, 0.3) is 0 Å². The van der Waals surface area contributed by atoms with Crippen LogP contribution in [0.1, 0.15) is 12.0 Å². The molecule has 3 unspecified atom stereocenters. The Bertz CT molecular complexity index is 988. The minimum Gasteiger partial charge on any atom is -0.374 e. The molecule has 1 aromatic carbocycles. The van der Waals surface area contributed by atoms with Crippen molar-refractivity contribution in [3.05, 3.63) is 57.6 Å². The molecule has 1 heterocycles. The van der Waals surface area contributed by atoms with Gasteiger partial charge in [0.15, 0.2) is 0 Å². The van der Waals surface area contributed by atoms with Gasteiger partial charge < -0.3 is 4.84 Å². The van der Waals surface area contributed by atoms with Crippen LogP contribution in [0, 0.1) is 0 Å². The largest absolute Gasteiger partial charge is 0.472 e. The number of oxime groups is 1. The summed E-state index contributed by atoms with van der Waals surface area (Å²) in [6.07, 6.45) is -6.92. The zero-order valence-corrected chi connectivity index (χ0v) is 17.8. The summed E-state index contributed by atoms with van der Waals surface area (Å²) in [6, 6.07) is 2.28. The highest BCUT2D eigenvalue weighted by Crippen LogP contribution is 2.50. The summed E-state index contributed by atoms with van der Waals surface area (Å²) in [5.41, 5.74) is 0.267. The topological polar surface area (TPSA) is 62.7 Å². The van der Waals surface area contributed by atoms with E-state index in [4.69, 9.17) is 39.6 Å². The zero-order valence-electron chi connectivity index (χ0n) is 15.5. The van der Waals surface area contributed by atoms with Gasteiger partial charge in [0.1, 0.15) is 0 Å². The molecule has 14 heteroatoms. The maximum atomic E-state index is 14.1. The molecule has 2 aliphatic rings. The van der Waals surface area contributed by atoms with Gasteiger partial charge in [-0.3, -0.25) is 10.2 Å². The van der Waals surface area contributed by atoms with E-state index in [-0.39, 0.29) is 26.9 Å². The van der Waals surface area contributed by atoms with Crippen molar-refractivity contribution in [2.45, 2.75) is 35.8 Å². The second-order valence-corrected chi connectivity index (χ2v) is 8.21. The number of alkyl halides is 7. The average molecular weight is 523 g/mol. The Labute approximate surface area is 192 Å². The van der Waals surface area contributed by atoms with Crippen LogP contribution in [0.15, 0.2) is 47.2 Å². The molecule has 3 rings (SSSR count). The zero-order chi connectivity index (χ0) is 23.9. The first-order valence-corrected chi connectivity index (χ1v) is 9.88. The molecule has 1 aliphatic heterocycles. The lowest BCUT2D eigenvalue weighted by Gasteiger charge is -2.30. The second kappa shape index (κ2) is 8.77. The van der Waals surface area contributed by atoms with Crippen LogP contribution >= 0.6 is 34.8 Å². The van der Waals surface area contributed by atoms with E-state index < -0.39 is 41.7 Å². The Morgan fingerprint density at radius 2 is 1.75 bits per heavy atom. The molecule has 0 saturated carbocycles. The second-order valence-electron chi connectivity index (χ2n) is 6.84. The van der Waals surface area contributed by atoms with Gasteiger partial charge in [0.25, 0.3) is 5.60 Å². The summed E-state index contributed by atoms with van der Waals surface area (Å²) in [4.78, 5) is 15.9. The van der Waals surface area contributed by atoms with Crippen LogP contribution < -0.4 is 10.9 Å². The van der Waals surface area contributed by atoms with Gasteiger partial charge in [0.05, 0.1) is 17.1 Å². The van der Waals surface area contributed by atoms with E-state index in [9.17, 15) is 31.1 Å². The van der Waals surface area contributed by atoms with Crippen molar-refractivity contribution in [3.63, 3.8) is 0 Å². The van der Waals surface area contributed by atoms with Crippen molar-refractivity contribution in [2.75, 3.05) is 0 Å². The van der Waals surface area contributed by atoms with Gasteiger partial charge in [-0.05, 0) is 23.8 Å². The molecule has 0 spiro atoms. The molecule has 1 aromatic rings. The number of rotatable bonds is 4. The Balaban J connectivity index is 1.85. The maximum absolute atomic E-state index is 14.1. The monoisotopic (exact) mass is 521 g/mol. The molecule has 1 amide bonds. The molecule has 32 heavy (non-hydrogen) atoms. The molecular formula is C18H12Cl3F6N3O2. The van der Waals surface area contributed by atoms with E-state index in [1.807, 2.05) is 0 Å². The first kappa shape index (κ1) is 24.7. The molecule has 1 aliphatic carbocycles. The van der Waals surface area contributed by atoms with Crippen molar-refractivity contribution < 1.29 is 36.0 Å². The summed E-state index contributed by atoms with van der Waals surface area (Å²) in [5.74, 6) is -2.26. The molecule has 0 bridgehead atoms. The van der Waals surface area contributed by atoms with Crippen molar-refractivity contribution in [2.24, 2.45) is 5.16 Å². The maximum Gasteiger partial charge on any atom is 0.472 e. The third-order valence-corrected chi connectivity index (χ3v) is 5.47. The number of allylic oxidation sites excluding steroid dienone is 2. The molecule has 3 atom stereocenters. The van der Waals surface area contributed by atoms with Crippen LogP contribution in [-0.2, 0) is 15.2 Å². The molecule has 0 fully saturated rings. The predicted octanol–water partition coefficient (Wildman–Crippen LogP) is 5.18. The molecule has 0 radical (unpaired) electrons. The van der Waals surface area contributed by atoms with Crippen LogP contribution in [0.5, 0.6) is 0 Å². The molecule has 0 aromatic heterocycles. The van der Waals surface area contributed by atoms with Crippen LogP contribution in [-0.4, -0.2) is 35.4 Å². The van der Waals surface area contributed by atoms with Crippen LogP contribution in [0.2, 0.25) is 10.0 Å². The average Bonchev–Trinajstić information content (AvgIpc) is 3.12. The minimum absolute atomic E-state index is 0.0420. The number of hydrogen-bond donors (Lipinski definition) is 2. The van der Waals surface area contributed by atoms with Gasteiger partial charge in [0.2, 0.25) is 0 Å². The van der Waals surface area contributed by atoms with Crippen molar-refractivity contribution in [3.8, 4) is 0 Å². The quantitative estimate of drug-likeness (QED) is 0.325. The lowest BCUT2D eigenvalue weighted by molar-refractivity contribution is -0.275. The van der Waals surface area contributed by atoms with Gasteiger partial charge in [-0.15, -0.1) is 11.6 Å². The van der Waals surface area contributed by atoms with Crippen LogP contribution in [0.3, 0.4) is 0 Å². The van der Waals surface area contributed by atoms with Gasteiger partial charge in [-0.1, -0.05) is 46.6 Å². The number of hydrazine groups is 1. The summed E-state index contributed by atoms with van der Waals surface area (Å²) in [6.45, 7) is 0. The van der Waals surface area contributed by atoms with Crippen molar-refractivity contribution in [1.82, 2.24) is 10.9 Å². The highest BCUT2D eigenvalue weighted by Gasteiger charge is 2.62. The summed E-state index contributed by atoms with van der Waals surface area (Å²) in [5, 5.41) is 2.57. The molecule has 174 valence electrons. The molecular weight excluding hydrogens is 511 g/mol. The minimum atomic E-state index is -5.14. The lowest BCUT2D eigenvalue weighted by atomic mass is 9.85. The Morgan fingerprint density at radius 1 is 1.12 bits per heavy atom. The van der Waals surface area contributed by atoms with Crippen molar-refractivity contribution in [1.29, 1.82) is 0 Å². The normalized spacial score (nSPS) is 25.8. The summed E-state index contributed by atoms with van der Waals surface area (Å²) < 4.78 is 79.3. The Morgan fingerprint density at radius 3 is 2.31 bits per heavy atom. The van der Waals surface area contributed by atoms with Gasteiger partial charge >= 0.3 is 18.3 Å². The number of carbonyl (C=O) groups is 1. The highest BCUT2D eigenvalue weighted by atomic mass is 35.5.